The van der Waals surface area contributed by atoms with Crippen molar-refractivity contribution in [3.05, 3.63) is 134 Å². The Morgan fingerprint density at radius 1 is 0.514 bits per heavy atom. The summed E-state index contributed by atoms with van der Waals surface area (Å²) < 4.78 is 41.1. The van der Waals surface area contributed by atoms with E-state index in [-0.39, 0.29) is 24.2 Å². The molecule has 1 heteroatoms. The summed E-state index contributed by atoms with van der Waals surface area (Å²) >= 11 is 0. The van der Waals surface area contributed by atoms with Gasteiger partial charge in [0.15, 0.2) is 0 Å². The summed E-state index contributed by atoms with van der Waals surface area (Å²) in [7, 11) is 0. The van der Waals surface area contributed by atoms with Crippen molar-refractivity contribution in [1.29, 1.82) is 0 Å². The number of rotatable bonds is 2. The highest BCUT2D eigenvalue weighted by molar-refractivity contribution is 6.23. The van der Waals surface area contributed by atoms with Crippen molar-refractivity contribution in [2.45, 2.75) is 0 Å². The molecule has 8 aromatic rings. The van der Waals surface area contributed by atoms with E-state index in [1.54, 1.807) is 6.26 Å². The van der Waals surface area contributed by atoms with Crippen LogP contribution in [0.15, 0.2) is 138 Å². The van der Waals surface area contributed by atoms with Crippen LogP contribution in [-0.4, -0.2) is 0 Å². The van der Waals surface area contributed by atoms with E-state index in [0.29, 0.717) is 10.8 Å². The minimum Gasteiger partial charge on any atom is -0.463 e. The van der Waals surface area contributed by atoms with E-state index in [2.05, 4.69) is 54.6 Å². The molecule has 0 aliphatic carbocycles. The van der Waals surface area contributed by atoms with Crippen LogP contribution in [-0.2, 0) is 0 Å². The average molecular weight is 475 g/mol. The molecule has 0 unspecified atom stereocenters. The second-order valence-electron chi connectivity index (χ2n) is 9.42. The molecule has 1 nitrogen and oxygen atoms in total. The van der Waals surface area contributed by atoms with E-state index in [9.17, 15) is 0 Å². The Morgan fingerprint density at radius 2 is 1.30 bits per heavy atom. The minimum absolute atomic E-state index is 0.0426. The first-order chi connectivity index (χ1) is 20.0. The Bertz CT molecular complexity index is 2350. The topological polar surface area (TPSA) is 13.1 Å². The van der Waals surface area contributed by atoms with Crippen LogP contribution in [0, 0.1) is 0 Å². The predicted molar refractivity (Wildman–Crippen MR) is 157 cm³/mol. The summed E-state index contributed by atoms with van der Waals surface area (Å²) in [5.74, 6) is 0. The Morgan fingerprint density at radius 3 is 2.24 bits per heavy atom. The third-order valence-corrected chi connectivity index (χ3v) is 7.43. The number of fused-ring (bicyclic) bond motifs is 7. The van der Waals surface area contributed by atoms with Gasteiger partial charge in [0.05, 0.1) is 11.7 Å². The summed E-state index contributed by atoms with van der Waals surface area (Å²) in [6, 6.07) is 34.2. The largest absolute Gasteiger partial charge is 0.463 e. The molecule has 7 aromatic carbocycles. The average Bonchev–Trinajstić information content (AvgIpc) is 3.46. The molecule has 0 saturated carbocycles. The molecule has 8 rings (SSSR count). The fourth-order valence-electron chi connectivity index (χ4n) is 5.78. The van der Waals surface area contributed by atoms with Crippen molar-refractivity contribution in [1.82, 2.24) is 0 Å². The van der Waals surface area contributed by atoms with Crippen molar-refractivity contribution in [2.75, 3.05) is 0 Å². The Kier molecular flexibility index (Phi) is 3.53. The lowest BCUT2D eigenvalue weighted by Gasteiger charge is -2.15. The van der Waals surface area contributed by atoms with Crippen LogP contribution in [0.25, 0.3) is 76.3 Å². The molecule has 0 fully saturated rings. The lowest BCUT2D eigenvalue weighted by Crippen LogP contribution is -1.89. The molecule has 0 bridgehead atoms. The maximum atomic E-state index is 9.03. The maximum absolute atomic E-state index is 9.03. The van der Waals surface area contributed by atoms with E-state index in [0.717, 1.165) is 65.5 Å². The van der Waals surface area contributed by atoms with Gasteiger partial charge in [-0.05, 0) is 67.0 Å². The maximum Gasteiger partial charge on any atom is 0.142 e. The van der Waals surface area contributed by atoms with Crippen LogP contribution < -0.4 is 0 Å². The summed E-state index contributed by atoms with van der Waals surface area (Å²) in [4.78, 5) is 0. The number of benzene rings is 7. The summed E-state index contributed by atoms with van der Waals surface area (Å²) in [6.07, 6.45) is 1.75. The predicted octanol–water partition coefficient (Wildman–Crippen LogP) is 10.4. The Hall–Kier alpha value is -4.88. The van der Waals surface area contributed by atoms with E-state index < -0.39 is 0 Å². The lowest BCUT2D eigenvalue weighted by molar-refractivity contribution is 0.620. The molecule has 0 N–H and O–H groups in total. The van der Waals surface area contributed by atoms with Gasteiger partial charge >= 0.3 is 0 Å². The number of furan rings is 1. The summed E-state index contributed by atoms with van der Waals surface area (Å²) in [6.45, 7) is 0. The van der Waals surface area contributed by atoms with Gasteiger partial charge in [0, 0.05) is 21.9 Å². The van der Waals surface area contributed by atoms with Crippen molar-refractivity contribution < 1.29 is 9.90 Å². The normalized spacial score (nSPS) is 13.3. The van der Waals surface area contributed by atoms with Crippen LogP contribution in [0.4, 0.5) is 0 Å². The van der Waals surface area contributed by atoms with E-state index in [1.807, 2.05) is 48.5 Å². The second kappa shape index (κ2) is 7.81. The zero-order valence-corrected chi connectivity index (χ0v) is 19.8. The highest BCUT2D eigenvalue weighted by Gasteiger charge is 2.19. The summed E-state index contributed by atoms with van der Waals surface area (Å²) in [5.41, 5.74) is 4.34. The SMILES string of the molecule is [2H]c1c([2H])c([2H])c2c(-c3coc4c3ccc3c5ccccc5ccc34)c3c(-c4ccccc4)cccc3cc2c1[2H]. The molecule has 37 heavy (non-hydrogen) atoms. The van der Waals surface area contributed by atoms with Crippen LogP contribution in [0.3, 0.4) is 0 Å². The van der Waals surface area contributed by atoms with Crippen LogP contribution in [0.2, 0.25) is 0 Å². The van der Waals surface area contributed by atoms with E-state index >= 15 is 0 Å². The molecular weight excluding hydrogens is 448 g/mol. The van der Waals surface area contributed by atoms with Crippen molar-refractivity contribution >= 4 is 54.1 Å². The van der Waals surface area contributed by atoms with Crippen molar-refractivity contribution in [2.24, 2.45) is 0 Å². The molecule has 0 spiro atoms. The third-order valence-electron chi connectivity index (χ3n) is 7.43. The smallest absolute Gasteiger partial charge is 0.142 e. The fourth-order valence-corrected chi connectivity index (χ4v) is 5.78. The molecule has 0 aliphatic rings. The van der Waals surface area contributed by atoms with Crippen molar-refractivity contribution in [3.8, 4) is 22.3 Å². The molecular formula is C36H22O. The first-order valence-corrected chi connectivity index (χ1v) is 12.4. The van der Waals surface area contributed by atoms with Gasteiger partial charge in [-0.3, -0.25) is 0 Å². The molecule has 1 heterocycles. The van der Waals surface area contributed by atoms with Gasteiger partial charge in [0.1, 0.15) is 5.58 Å². The number of hydrogen-bond donors (Lipinski definition) is 0. The third kappa shape index (κ3) is 2.98. The Labute approximate surface area is 219 Å². The van der Waals surface area contributed by atoms with Crippen LogP contribution in [0.5, 0.6) is 0 Å². The molecule has 0 saturated heterocycles. The second-order valence-corrected chi connectivity index (χ2v) is 9.42. The molecule has 0 amide bonds. The zero-order valence-electron chi connectivity index (χ0n) is 23.8. The van der Waals surface area contributed by atoms with Gasteiger partial charge in [-0.25, -0.2) is 0 Å². The highest BCUT2D eigenvalue weighted by atomic mass is 16.3. The molecule has 0 radical (unpaired) electrons. The highest BCUT2D eigenvalue weighted by Crippen LogP contribution is 2.45. The first kappa shape index (κ1) is 16.7. The standard InChI is InChI=1S/C36H22O/c1-2-9-23(10-3-1)28-16-8-13-26-21-25-12-5-7-15-29(25)35(34(26)28)33-22-37-36-31-18-17-24-11-4-6-14-27(24)30(31)19-20-32(33)36/h1-22H/i5D,7D,12D,15D. The molecule has 0 atom stereocenters. The summed E-state index contributed by atoms with van der Waals surface area (Å²) in [5, 5.41) is 8.14. The zero-order chi connectivity index (χ0) is 27.8. The van der Waals surface area contributed by atoms with Crippen LogP contribution in [0.1, 0.15) is 5.48 Å². The molecule has 172 valence electrons. The van der Waals surface area contributed by atoms with Gasteiger partial charge < -0.3 is 4.42 Å². The first-order valence-electron chi connectivity index (χ1n) is 14.4. The van der Waals surface area contributed by atoms with Crippen molar-refractivity contribution in [3.63, 3.8) is 0 Å². The number of hydrogen-bond acceptors (Lipinski definition) is 1. The van der Waals surface area contributed by atoms with Gasteiger partial charge in [0.25, 0.3) is 0 Å². The molecule has 0 aliphatic heterocycles. The minimum atomic E-state index is -0.245. The van der Waals surface area contributed by atoms with Gasteiger partial charge in [-0.2, -0.15) is 0 Å². The fraction of sp³-hybridized carbons (Fsp3) is 0. The van der Waals surface area contributed by atoms with Gasteiger partial charge in [-0.1, -0.05) is 109 Å². The van der Waals surface area contributed by atoms with Crippen LogP contribution >= 0.6 is 0 Å². The van der Waals surface area contributed by atoms with E-state index in [1.165, 1.54) is 0 Å². The Balaban J connectivity index is 1.58. The molecule has 1 aromatic heterocycles. The lowest BCUT2D eigenvalue weighted by atomic mass is 9.87. The van der Waals surface area contributed by atoms with Gasteiger partial charge in [-0.15, -0.1) is 0 Å². The van der Waals surface area contributed by atoms with Gasteiger partial charge in [0.2, 0.25) is 0 Å². The van der Waals surface area contributed by atoms with E-state index in [4.69, 9.17) is 9.90 Å². The monoisotopic (exact) mass is 474 g/mol. The quantitative estimate of drug-likeness (QED) is 0.179.